The lowest BCUT2D eigenvalue weighted by molar-refractivity contribution is -0.113. The second-order valence-corrected chi connectivity index (χ2v) is 8.68. The molecule has 0 spiro atoms. The molecule has 1 aliphatic heterocycles. The van der Waals surface area contributed by atoms with E-state index in [1.54, 1.807) is 13.3 Å². The highest BCUT2D eigenvalue weighted by atomic mass is 16.5. The van der Waals surface area contributed by atoms with Crippen molar-refractivity contribution in [3.05, 3.63) is 95.7 Å². The number of fused-ring (bicyclic) bond motifs is 3. The first-order valence-corrected chi connectivity index (χ1v) is 11.4. The third-order valence-corrected chi connectivity index (χ3v) is 6.35. The number of hydrogen-bond acceptors (Lipinski definition) is 5. The SMILES string of the molecule is COCc1cc2n(n1)C(c1ccc3cc[nH]c3c1)C(C(=O)Nc1ccc3cnccc3c1)=C(C)N2. The molecule has 3 aromatic heterocycles. The highest BCUT2D eigenvalue weighted by Gasteiger charge is 2.33. The van der Waals surface area contributed by atoms with Crippen molar-refractivity contribution in [1.82, 2.24) is 19.7 Å². The second-order valence-electron chi connectivity index (χ2n) is 8.68. The van der Waals surface area contributed by atoms with E-state index >= 15 is 0 Å². The summed E-state index contributed by atoms with van der Waals surface area (Å²) in [6.45, 7) is 2.31. The molecule has 1 amide bonds. The van der Waals surface area contributed by atoms with Crippen molar-refractivity contribution in [3.8, 4) is 0 Å². The number of pyridine rings is 1. The van der Waals surface area contributed by atoms with Gasteiger partial charge in [0.05, 0.1) is 17.9 Å². The highest BCUT2D eigenvalue weighted by Crippen LogP contribution is 2.38. The van der Waals surface area contributed by atoms with Crippen LogP contribution in [0.15, 0.2) is 84.5 Å². The number of amides is 1. The number of nitrogens with zero attached hydrogens (tertiary/aromatic N) is 3. The summed E-state index contributed by atoms with van der Waals surface area (Å²) in [5, 5.41) is 14.4. The summed E-state index contributed by atoms with van der Waals surface area (Å²) in [4.78, 5) is 21.2. The first-order chi connectivity index (χ1) is 17.1. The van der Waals surface area contributed by atoms with E-state index in [-0.39, 0.29) is 5.91 Å². The number of hydrogen-bond donors (Lipinski definition) is 3. The van der Waals surface area contributed by atoms with Crippen molar-refractivity contribution in [3.63, 3.8) is 0 Å². The third kappa shape index (κ3) is 3.74. The molecule has 6 rings (SSSR count). The Hall–Kier alpha value is -4.43. The van der Waals surface area contributed by atoms with E-state index in [0.717, 1.165) is 50.1 Å². The maximum absolute atomic E-state index is 13.8. The molecule has 0 fully saturated rings. The minimum absolute atomic E-state index is 0.186. The minimum atomic E-state index is -0.408. The minimum Gasteiger partial charge on any atom is -0.378 e. The van der Waals surface area contributed by atoms with E-state index in [1.807, 2.05) is 60.4 Å². The normalized spacial score (nSPS) is 15.3. The number of H-pyrrole nitrogens is 1. The molecule has 8 heteroatoms. The predicted octanol–water partition coefficient (Wildman–Crippen LogP) is 4.99. The van der Waals surface area contributed by atoms with Gasteiger partial charge in [-0.05, 0) is 53.6 Å². The molecule has 1 unspecified atom stereocenters. The van der Waals surface area contributed by atoms with Crippen LogP contribution in [0.2, 0.25) is 0 Å². The fraction of sp³-hybridized carbons (Fsp3) is 0.148. The molecule has 0 bridgehead atoms. The van der Waals surface area contributed by atoms with Gasteiger partial charge < -0.3 is 20.4 Å². The molecule has 174 valence electrons. The highest BCUT2D eigenvalue weighted by molar-refractivity contribution is 6.07. The number of nitrogens with one attached hydrogen (secondary N) is 3. The summed E-state index contributed by atoms with van der Waals surface area (Å²) in [6.07, 6.45) is 5.47. The van der Waals surface area contributed by atoms with Gasteiger partial charge in [-0.15, -0.1) is 0 Å². The molecule has 3 N–H and O–H groups in total. The zero-order valence-electron chi connectivity index (χ0n) is 19.4. The monoisotopic (exact) mass is 464 g/mol. The van der Waals surface area contributed by atoms with Crippen molar-refractivity contribution in [2.75, 3.05) is 17.7 Å². The summed E-state index contributed by atoms with van der Waals surface area (Å²) in [7, 11) is 1.64. The number of aromatic nitrogens is 4. The average Bonchev–Trinajstić information content (AvgIpc) is 3.49. The molecule has 4 heterocycles. The van der Waals surface area contributed by atoms with Gasteiger partial charge in [-0.1, -0.05) is 18.2 Å². The van der Waals surface area contributed by atoms with Crippen LogP contribution in [0.5, 0.6) is 0 Å². The summed E-state index contributed by atoms with van der Waals surface area (Å²) in [6, 6.07) is 17.5. The number of benzene rings is 2. The first-order valence-electron chi connectivity index (χ1n) is 11.4. The van der Waals surface area contributed by atoms with Crippen LogP contribution in [0.4, 0.5) is 11.5 Å². The average molecular weight is 465 g/mol. The van der Waals surface area contributed by atoms with Gasteiger partial charge in [0.25, 0.3) is 5.91 Å². The Morgan fingerprint density at radius 1 is 1.09 bits per heavy atom. The van der Waals surface area contributed by atoms with Crippen molar-refractivity contribution >= 4 is 39.1 Å². The number of carbonyl (C=O) groups excluding carboxylic acids is 1. The molecule has 0 aliphatic carbocycles. The maximum Gasteiger partial charge on any atom is 0.255 e. The van der Waals surface area contributed by atoms with Gasteiger partial charge in [0.1, 0.15) is 11.9 Å². The second kappa shape index (κ2) is 8.41. The number of anilines is 2. The van der Waals surface area contributed by atoms with Crippen LogP contribution in [0.25, 0.3) is 21.7 Å². The molecular formula is C27H24N6O2. The number of allylic oxidation sites excluding steroid dienone is 1. The van der Waals surface area contributed by atoms with E-state index in [2.05, 4.69) is 38.8 Å². The van der Waals surface area contributed by atoms with Crippen molar-refractivity contribution in [2.24, 2.45) is 0 Å². The van der Waals surface area contributed by atoms with Crippen molar-refractivity contribution < 1.29 is 9.53 Å². The Labute approximate surface area is 201 Å². The molecule has 0 saturated heterocycles. The van der Waals surface area contributed by atoms with Gasteiger partial charge in [0.2, 0.25) is 0 Å². The van der Waals surface area contributed by atoms with Crippen LogP contribution in [0.3, 0.4) is 0 Å². The summed E-state index contributed by atoms with van der Waals surface area (Å²) in [5.74, 6) is 0.635. The number of methoxy groups -OCH3 is 1. The Bertz CT molecular complexity index is 1610. The van der Waals surface area contributed by atoms with Crippen LogP contribution in [0.1, 0.15) is 24.2 Å². The molecule has 0 radical (unpaired) electrons. The topological polar surface area (TPSA) is 96.9 Å². The van der Waals surface area contributed by atoms with Crippen LogP contribution < -0.4 is 10.6 Å². The maximum atomic E-state index is 13.8. The molecule has 8 nitrogen and oxygen atoms in total. The summed E-state index contributed by atoms with van der Waals surface area (Å²) < 4.78 is 7.17. The number of carbonyl (C=O) groups is 1. The number of ether oxygens (including phenoxy) is 1. The van der Waals surface area contributed by atoms with Gasteiger partial charge in [0, 0.05) is 54.1 Å². The van der Waals surface area contributed by atoms with E-state index < -0.39 is 6.04 Å². The number of rotatable bonds is 5. The molecule has 1 atom stereocenters. The first kappa shape index (κ1) is 21.1. The van der Waals surface area contributed by atoms with E-state index in [4.69, 9.17) is 9.84 Å². The smallest absolute Gasteiger partial charge is 0.255 e. The molecular weight excluding hydrogens is 440 g/mol. The standard InChI is InChI=1S/C27H24N6O2/c1-16-25(27(34)31-21-6-5-20-14-28-9-7-18(20)11-21)26(19-4-3-17-8-10-29-23(17)12-19)33-24(30-16)13-22(32-33)15-35-2/h3-14,26,29-30H,15H2,1-2H3,(H,31,34). The van der Waals surface area contributed by atoms with Gasteiger partial charge in [-0.3, -0.25) is 9.78 Å². The predicted molar refractivity (Wildman–Crippen MR) is 136 cm³/mol. The van der Waals surface area contributed by atoms with Crippen LogP contribution in [0, 0.1) is 0 Å². The zero-order chi connectivity index (χ0) is 23.9. The van der Waals surface area contributed by atoms with Gasteiger partial charge >= 0.3 is 0 Å². The molecule has 5 aromatic rings. The van der Waals surface area contributed by atoms with Crippen LogP contribution in [-0.2, 0) is 16.1 Å². The fourth-order valence-corrected chi connectivity index (χ4v) is 4.74. The molecule has 2 aromatic carbocycles. The third-order valence-electron chi connectivity index (χ3n) is 6.35. The van der Waals surface area contributed by atoms with Crippen LogP contribution >= 0.6 is 0 Å². The Morgan fingerprint density at radius 2 is 1.97 bits per heavy atom. The van der Waals surface area contributed by atoms with Gasteiger partial charge in [0.15, 0.2) is 0 Å². The molecule has 35 heavy (non-hydrogen) atoms. The van der Waals surface area contributed by atoms with Gasteiger partial charge in [-0.25, -0.2) is 4.68 Å². The lowest BCUT2D eigenvalue weighted by Gasteiger charge is -2.29. The van der Waals surface area contributed by atoms with Crippen molar-refractivity contribution in [2.45, 2.75) is 19.6 Å². The largest absolute Gasteiger partial charge is 0.378 e. The Balaban J connectivity index is 1.43. The van der Waals surface area contributed by atoms with Crippen LogP contribution in [-0.4, -0.2) is 32.8 Å². The molecule has 0 saturated carbocycles. The van der Waals surface area contributed by atoms with Crippen molar-refractivity contribution in [1.29, 1.82) is 0 Å². The quantitative estimate of drug-likeness (QED) is 0.341. The Kier molecular flexibility index (Phi) is 5.08. The van der Waals surface area contributed by atoms with Gasteiger partial charge in [-0.2, -0.15) is 5.10 Å². The lowest BCUT2D eigenvalue weighted by Crippen LogP contribution is -2.31. The molecule has 1 aliphatic rings. The van der Waals surface area contributed by atoms with E-state index in [9.17, 15) is 4.79 Å². The summed E-state index contributed by atoms with van der Waals surface area (Å²) in [5.41, 5.74) is 4.86. The fourth-order valence-electron chi connectivity index (χ4n) is 4.74. The Morgan fingerprint density at radius 3 is 2.86 bits per heavy atom. The van der Waals surface area contributed by atoms with E-state index in [1.165, 1.54) is 0 Å². The lowest BCUT2D eigenvalue weighted by atomic mass is 9.94. The summed E-state index contributed by atoms with van der Waals surface area (Å²) >= 11 is 0. The zero-order valence-corrected chi connectivity index (χ0v) is 19.4. The van der Waals surface area contributed by atoms with E-state index in [0.29, 0.717) is 12.2 Å². The number of aromatic amines is 1.